The second-order valence-corrected chi connectivity index (χ2v) is 22.5. The molecule has 8 amide bonds. The summed E-state index contributed by atoms with van der Waals surface area (Å²) in [6.07, 6.45) is 0. The van der Waals surface area contributed by atoms with Crippen LogP contribution in [0.3, 0.4) is 0 Å². The van der Waals surface area contributed by atoms with Crippen molar-refractivity contribution in [3.63, 3.8) is 0 Å². The zero-order chi connectivity index (χ0) is 57.5. The Bertz CT molecular complexity index is 2570. The first-order valence-corrected chi connectivity index (χ1v) is 23.7. The number of fused-ring (bicyclic) bond motifs is 4. The van der Waals surface area contributed by atoms with Crippen molar-refractivity contribution in [3.8, 4) is 0 Å². The number of rotatable bonds is 8. The normalized spacial score (nSPS) is 16.1. The number of benzene rings is 4. The maximum absolute atomic E-state index is 12.2. The van der Waals surface area contributed by atoms with E-state index < -0.39 is 117 Å². The number of imide groups is 4. The van der Waals surface area contributed by atoms with Crippen LogP contribution in [0.25, 0.3) is 0 Å². The predicted octanol–water partition coefficient (Wildman–Crippen LogP) is 1.78. The van der Waals surface area contributed by atoms with Crippen LogP contribution in [0.1, 0.15) is 166 Å². The van der Waals surface area contributed by atoms with Crippen molar-refractivity contribution < 1.29 is 117 Å². The second kappa shape index (κ2) is 24.1. The van der Waals surface area contributed by atoms with Crippen LogP contribution in [0.2, 0.25) is 0 Å². The first-order chi connectivity index (χ1) is 35.0. The van der Waals surface area contributed by atoms with Gasteiger partial charge in [0.15, 0.2) is 0 Å². The monoisotopic (exact) mass is 1250 g/mol. The van der Waals surface area contributed by atoms with Gasteiger partial charge in [0, 0.05) is 0 Å². The summed E-state index contributed by atoms with van der Waals surface area (Å²) in [6.45, 7) is 19.8. The van der Waals surface area contributed by atoms with Gasteiger partial charge in [-0.2, -0.15) is 0 Å². The predicted molar refractivity (Wildman–Crippen MR) is 261 cm³/mol. The molecule has 414 valence electrons. The van der Waals surface area contributed by atoms with E-state index >= 15 is 0 Å². The number of carbonyl (C=O) groups is 12. The SMILES string of the molecule is CC(C)(C)C(C(=O)[O-])N1C(=O)c2ccccc2C1=O.CC(C)(C)C(C(=O)[O-])N1C(=O)c2ccccc2C1=O.CC(C)(C)C(C(=O)[O-])N1C(=O)c2ccccc2C1=O.CC(C)(C)C(C(=O)[O-])N1C(=O)c2ccccc2C1=O.[Rh+2].[Rh+2]. The van der Waals surface area contributed by atoms with Gasteiger partial charge in [-0.05, 0) is 70.2 Å². The van der Waals surface area contributed by atoms with Crippen LogP contribution in [0, 0.1) is 21.7 Å². The van der Waals surface area contributed by atoms with E-state index in [1.54, 1.807) is 132 Å². The molecule has 4 unspecified atom stereocenters. The third-order valence-corrected chi connectivity index (χ3v) is 12.5. The summed E-state index contributed by atoms with van der Waals surface area (Å²) in [4.78, 5) is 146. The number of hydrogen-bond donors (Lipinski definition) is 0. The van der Waals surface area contributed by atoms with Gasteiger partial charge in [-0.25, -0.2) is 0 Å². The Morgan fingerprint density at radius 1 is 0.282 bits per heavy atom. The van der Waals surface area contributed by atoms with Crippen LogP contribution in [0.4, 0.5) is 0 Å². The molecule has 4 aliphatic heterocycles. The molecule has 0 aliphatic carbocycles. The standard InChI is InChI=1S/4C14H15NO4.2Rh/c4*1-14(2,3)10(13(18)19)15-11(16)8-6-4-5-7-9(8)12(15)17;;/h4*4-7,10H,1-3H3,(H,18,19);;/q;;;;2*+2/p-4. The summed E-state index contributed by atoms with van der Waals surface area (Å²) in [5, 5.41) is 45.3. The molecule has 0 saturated carbocycles. The van der Waals surface area contributed by atoms with E-state index in [4.69, 9.17) is 0 Å². The molecule has 0 bridgehead atoms. The Kier molecular flexibility index (Phi) is 20.0. The molecule has 0 N–H and O–H groups in total. The molecule has 0 aromatic heterocycles. The Hall–Kier alpha value is -7.43. The molecule has 4 heterocycles. The van der Waals surface area contributed by atoms with Crippen molar-refractivity contribution in [2.45, 2.75) is 107 Å². The maximum atomic E-state index is 12.2. The van der Waals surface area contributed by atoms with E-state index in [2.05, 4.69) is 0 Å². The Morgan fingerprint density at radius 2 is 0.385 bits per heavy atom. The molecule has 4 atom stereocenters. The van der Waals surface area contributed by atoms with E-state index in [1.165, 1.54) is 48.5 Å². The minimum atomic E-state index is -1.43. The van der Waals surface area contributed by atoms with Crippen molar-refractivity contribution in [2.24, 2.45) is 21.7 Å². The minimum Gasteiger partial charge on any atom is -0.548 e. The van der Waals surface area contributed by atoms with Gasteiger partial charge in [-0.15, -0.1) is 0 Å². The smallest absolute Gasteiger partial charge is 0.548 e. The molecule has 22 heteroatoms. The van der Waals surface area contributed by atoms with Gasteiger partial charge in [-0.1, -0.05) is 132 Å². The number of amides is 8. The van der Waals surface area contributed by atoms with Gasteiger partial charge < -0.3 is 39.6 Å². The Morgan fingerprint density at radius 3 is 0.462 bits per heavy atom. The molecule has 2 radical (unpaired) electrons. The molecule has 4 aromatic carbocycles. The van der Waals surface area contributed by atoms with Gasteiger partial charge in [0.2, 0.25) is 0 Å². The fourth-order valence-corrected chi connectivity index (χ4v) is 9.15. The van der Waals surface area contributed by atoms with Crippen molar-refractivity contribution in [2.75, 3.05) is 0 Å². The van der Waals surface area contributed by atoms with Crippen molar-refractivity contribution in [1.29, 1.82) is 0 Å². The minimum absolute atomic E-state index is 0. The largest absolute Gasteiger partial charge is 2.00 e. The van der Waals surface area contributed by atoms with Crippen LogP contribution >= 0.6 is 0 Å². The van der Waals surface area contributed by atoms with Gasteiger partial charge in [-0.3, -0.25) is 58.0 Å². The topological polar surface area (TPSA) is 310 Å². The number of carboxylic acid groups (broad SMARTS) is 4. The third kappa shape index (κ3) is 12.8. The Balaban J connectivity index is 0.000000271. The molecule has 0 spiro atoms. The summed E-state index contributed by atoms with van der Waals surface area (Å²) in [5.41, 5.74) is -1.29. The van der Waals surface area contributed by atoms with Crippen LogP contribution in [0.15, 0.2) is 97.1 Å². The number of carboxylic acids is 4. The quantitative estimate of drug-likeness (QED) is 0.179. The van der Waals surface area contributed by atoms with Crippen molar-refractivity contribution >= 4 is 71.1 Å². The van der Waals surface area contributed by atoms with Crippen LogP contribution in [0.5, 0.6) is 0 Å². The van der Waals surface area contributed by atoms with Gasteiger partial charge >= 0.3 is 39.0 Å². The molecular weight excluding hydrogens is 1190 g/mol. The van der Waals surface area contributed by atoms with Gasteiger partial charge in [0.05, 0.1) is 92.6 Å². The molecule has 20 nitrogen and oxygen atoms in total. The van der Waals surface area contributed by atoms with Gasteiger partial charge in [0.25, 0.3) is 47.3 Å². The fraction of sp³-hybridized carbons (Fsp3) is 0.357. The van der Waals surface area contributed by atoms with Crippen LogP contribution < -0.4 is 20.4 Å². The van der Waals surface area contributed by atoms with Gasteiger partial charge in [0.1, 0.15) is 0 Å². The van der Waals surface area contributed by atoms with Crippen molar-refractivity contribution in [3.05, 3.63) is 142 Å². The molecule has 0 fully saturated rings. The molecular formula is C56H56N4O16Rh2. The first kappa shape index (κ1) is 64.9. The molecule has 8 rings (SSSR count). The van der Waals surface area contributed by atoms with E-state index in [9.17, 15) is 78.0 Å². The summed E-state index contributed by atoms with van der Waals surface area (Å²) in [7, 11) is 0. The molecule has 78 heavy (non-hydrogen) atoms. The molecule has 4 aromatic rings. The average molecular weight is 1250 g/mol. The number of carbonyl (C=O) groups excluding carboxylic acids is 12. The summed E-state index contributed by atoms with van der Waals surface area (Å²) in [6, 6.07) is 20.1. The van der Waals surface area contributed by atoms with E-state index in [0.717, 1.165) is 19.6 Å². The number of nitrogens with zero attached hydrogens (tertiary/aromatic N) is 4. The molecule has 0 saturated heterocycles. The van der Waals surface area contributed by atoms with Crippen LogP contribution in [-0.4, -0.2) is 115 Å². The van der Waals surface area contributed by atoms with E-state index in [0.29, 0.717) is 0 Å². The fourth-order valence-electron chi connectivity index (χ4n) is 9.15. The number of aliphatic carboxylic acids is 4. The first-order valence-electron chi connectivity index (χ1n) is 23.7. The third-order valence-electron chi connectivity index (χ3n) is 12.5. The van der Waals surface area contributed by atoms with E-state index in [-0.39, 0.29) is 83.5 Å². The van der Waals surface area contributed by atoms with Crippen molar-refractivity contribution in [1.82, 2.24) is 19.6 Å². The van der Waals surface area contributed by atoms with Crippen LogP contribution in [-0.2, 0) is 58.1 Å². The zero-order valence-corrected chi connectivity index (χ0v) is 47.8. The summed E-state index contributed by atoms with van der Waals surface area (Å²) >= 11 is 0. The Labute approximate surface area is 475 Å². The molecule has 4 aliphatic rings. The summed E-state index contributed by atoms with van der Waals surface area (Å²) in [5.74, 6) is -10.3. The summed E-state index contributed by atoms with van der Waals surface area (Å²) < 4.78 is 0. The second-order valence-electron chi connectivity index (χ2n) is 22.5. The average Bonchev–Trinajstić information content (AvgIpc) is 3.90. The maximum Gasteiger partial charge on any atom is 2.00 e. The number of hydrogen-bond acceptors (Lipinski definition) is 16. The van der Waals surface area contributed by atoms with E-state index in [1.807, 2.05) is 0 Å². The zero-order valence-electron chi connectivity index (χ0n) is 44.5.